The van der Waals surface area contributed by atoms with E-state index in [0.29, 0.717) is 18.0 Å². The van der Waals surface area contributed by atoms with Gasteiger partial charge in [0.1, 0.15) is 12.1 Å². The monoisotopic (exact) mass is 1870 g/mol. The minimum atomic E-state index is -0.258. The molecule has 0 radical (unpaired) electrons. The molecule has 0 aliphatic heterocycles. The Bertz CT molecular complexity index is 6000. The van der Waals surface area contributed by atoms with E-state index in [0.717, 1.165) is 115 Å². The Labute approximate surface area is 763 Å². The third-order valence-electron chi connectivity index (χ3n) is 18.2. The molecule has 638 valence electrons. The number of hydrogen-bond donors (Lipinski definition) is 6. The minimum Gasteiger partial charge on any atom is -0.399 e. The summed E-state index contributed by atoms with van der Waals surface area (Å²) in [5.41, 5.74) is 19.7. The van der Waals surface area contributed by atoms with Crippen LogP contribution in [-0.2, 0) is 11.2 Å². The number of nitrogens with two attached hydrogens (primary N) is 1. The number of nitrogen functional groups attached to an aromatic ring is 1. The molecule has 0 saturated carbocycles. The lowest BCUT2D eigenvalue weighted by Gasteiger charge is -2.07. The van der Waals surface area contributed by atoms with Crippen molar-refractivity contribution in [1.29, 1.82) is 0 Å². The molecule has 0 spiro atoms. The van der Waals surface area contributed by atoms with E-state index in [2.05, 4.69) is 208 Å². The fourth-order valence-corrected chi connectivity index (χ4v) is 19.3. The van der Waals surface area contributed by atoms with Crippen molar-refractivity contribution in [3.63, 3.8) is 0 Å². The largest absolute Gasteiger partial charge is 0.399 e. The Kier molecular flexibility index (Phi) is 38.2. The van der Waals surface area contributed by atoms with Crippen LogP contribution >= 0.6 is 107 Å². The molecule has 0 bridgehead atoms. The number of carbonyl (C=O) groups is 7. The van der Waals surface area contributed by atoms with Crippen molar-refractivity contribution >= 4 is 163 Å². The molecular weight excluding hydrogens is 1770 g/mol. The Morgan fingerprint density at radius 1 is 0.427 bits per heavy atom. The number of halogens is 2. The Hall–Kier alpha value is -11.4. The van der Waals surface area contributed by atoms with Gasteiger partial charge in [-0.1, -0.05) is 157 Å². The van der Waals surface area contributed by atoms with E-state index < -0.39 is 0 Å². The second-order valence-electron chi connectivity index (χ2n) is 27.8. The molecule has 16 nitrogen and oxygen atoms in total. The number of nitrogens with one attached hydrogen (secondary N) is 5. The van der Waals surface area contributed by atoms with Crippen LogP contribution in [-0.4, -0.2) is 97.1 Å². The fraction of sp³-hybridized carbons (Fsp3) is 0.173. The highest BCUT2D eigenvalue weighted by Crippen LogP contribution is 2.36. The maximum atomic E-state index is 12.7. The van der Waals surface area contributed by atoms with Crippen LogP contribution in [0.4, 0.5) is 10.1 Å². The zero-order valence-corrected chi connectivity index (χ0v) is 78.7. The van der Waals surface area contributed by atoms with Gasteiger partial charge in [-0.05, 0) is 249 Å². The number of aromatic amines is 1. The number of nitrogens with zero attached hydrogens (tertiary/aromatic N) is 2. The van der Waals surface area contributed by atoms with E-state index in [-0.39, 0.29) is 46.8 Å². The van der Waals surface area contributed by atoms with Crippen LogP contribution in [0.2, 0.25) is 0 Å². The number of anilines is 1. The molecule has 0 atom stereocenters. The molecule has 16 rings (SSSR count). The summed E-state index contributed by atoms with van der Waals surface area (Å²) in [7, 11) is 4.86. The van der Waals surface area contributed by atoms with Crippen LogP contribution in [0, 0.1) is 40.4 Å². The number of Topliss-reactive ketones (excluding diaryl/α,β-unsaturated/α-hetero) is 3. The van der Waals surface area contributed by atoms with Gasteiger partial charge in [-0.25, -0.2) is 9.37 Å². The predicted octanol–water partition coefficient (Wildman–Crippen LogP) is 25.7. The standard InChI is InChI=1S/C15H17NO2S.C15H17NOS.C15H16OS.C13H13NOS.C12H10FNOS.C12H9N3S.C10H9NOS.C6H5BrOS/c1-11-3-5-12(6-4-11)13-7-8-14(19-13)15(17)16-9-10-18-2;1-3-10-16-15(17)14-9-8-13(18-14)12-6-4-11(2)5-7-12;1-10-5-4-6-11(2)14(10)9-13-7-8-15(17-13)12(3)16;1-9-3-5-10(6-4-9)11-7-8-12(16-11)13(15)14-2;1-14-12(15)11-7-6-10(16-11)8-2-4-9(13)5-3-8;1-2-4-9(5-3-1)10-6-7-11(16-10)12-13-8-14-15-12;1-6(12)10-5-7-4-8(11)2-3-9(7)13-10;1-4(8)5-2-3-6(7)9-5/h3-8H,9-10H2,1-2H3,(H,16,17);4-9H,3,10H2,1-2H3,(H,16,17);4-8H,9H2,1-3H3;3-8H,1-2H3,(H,14,15);2-7H,1H3,(H,14,15);1-8H,(H,13,14,15);2-5H,11H2,1H3;2-3H,1H3. The normalized spacial score (nSPS) is 10.3. The number of ketones is 3. The second-order valence-corrected chi connectivity index (χ2v) is 37.9. The van der Waals surface area contributed by atoms with E-state index >= 15 is 0 Å². The number of rotatable bonds is 20. The molecule has 0 fully saturated rings. The van der Waals surface area contributed by atoms with Crippen molar-refractivity contribution in [3.05, 3.63) is 343 Å². The summed E-state index contributed by atoms with van der Waals surface area (Å²) < 4.78 is 19.7. The van der Waals surface area contributed by atoms with Crippen molar-refractivity contribution in [3.8, 4) is 62.9 Å². The number of aromatic nitrogens is 3. The van der Waals surface area contributed by atoms with Gasteiger partial charge in [0.25, 0.3) is 23.6 Å². The maximum absolute atomic E-state index is 12.7. The number of aryl methyl sites for hydroxylation is 5. The number of fused-ring (bicyclic) bond motifs is 1. The Balaban J connectivity index is 0.000000162. The molecule has 4 amide bonds. The number of H-pyrrole nitrogens is 1. The quantitative estimate of drug-likeness (QED) is 0.0238. The van der Waals surface area contributed by atoms with Crippen LogP contribution in [0.5, 0.6) is 0 Å². The molecule has 0 aliphatic rings. The predicted molar refractivity (Wildman–Crippen MR) is 523 cm³/mol. The summed E-state index contributed by atoms with van der Waals surface area (Å²) in [6, 6.07) is 82.6. The highest BCUT2D eigenvalue weighted by atomic mass is 79.9. The number of benzene rings is 7. The van der Waals surface area contributed by atoms with E-state index in [1.54, 1.807) is 82.8 Å². The molecular formula is C98H96BrFN8O8S8. The molecule has 7 N–H and O–H groups in total. The molecule has 26 heteroatoms. The first-order valence-corrected chi connectivity index (χ1v) is 46.6. The van der Waals surface area contributed by atoms with Crippen molar-refractivity contribution in [2.24, 2.45) is 0 Å². The zero-order chi connectivity index (χ0) is 89.2. The van der Waals surface area contributed by atoms with Gasteiger partial charge in [0.15, 0.2) is 23.2 Å². The number of ether oxygens (including phenoxy) is 1. The van der Waals surface area contributed by atoms with Crippen molar-refractivity contribution < 1.29 is 42.7 Å². The van der Waals surface area contributed by atoms with E-state index in [1.165, 1.54) is 141 Å². The summed E-state index contributed by atoms with van der Waals surface area (Å²) in [6.07, 6.45) is 3.41. The van der Waals surface area contributed by atoms with Crippen molar-refractivity contribution in [2.45, 2.75) is 75.2 Å². The van der Waals surface area contributed by atoms with Crippen molar-refractivity contribution in [2.75, 3.05) is 46.6 Å². The number of amides is 4. The first kappa shape index (κ1) is 96.4. The highest BCUT2D eigenvalue weighted by Gasteiger charge is 2.16. The molecule has 124 heavy (non-hydrogen) atoms. The topological polar surface area (TPSA) is 244 Å². The molecule has 9 aromatic heterocycles. The summed E-state index contributed by atoms with van der Waals surface area (Å²) in [5.74, 6) is 0.828. The maximum Gasteiger partial charge on any atom is 0.261 e. The fourth-order valence-electron chi connectivity index (χ4n) is 11.4. The van der Waals surface area contributed by atoms with Gasteiger partial charge in [0.2, 0.25) is 0 Å². The average Bonchev–Trinajstić information content (AvgIpc) is 1.69. The van der Waals surface area contributed by atoms with Gasteiger partial charge in [-0.15, -0.1) is 90.7 Å². The van der Waals surface area contributed by atoms with Crippen LogP contribution in [0.3, 0.4) is 0 Å². The Morgan fingerprint density at radius 3 is 1.27 bits per heavy atom. The van der Waals surface area contributed by atoms with Crippen LogP contribution in [0.1, 0.15) is 140 Å². The summed E-state index contributed by atoms with van der Waals surface area (Å²) >= 11 is 15.5. The number of carbonyl (C=O) groups excluding carboxylic acids is 7. The first-order chi connectivity index (χ1) is 59.7. The summed E-state index contributed by atoms with van der Waals surface area (Å²) in [6.45, 7) is 19.1. The minimum absolute atomic E-state index is 0.0247. The summed E-state index contributed by atoms with van der Waals surface area (Å²) in [4.78, 5) is 96.8. The van der Waals surface area contributed by atoms with Gasteiger partial charge in [0.05, 0.1) is 49.4 Å². The Morgan fingerprint density at radius 2 is 0.847 bits per heavy atom. The smallest absolute Gasteiger partial charge is 0.261 e. The SMILES string of the molecule is CC(=O)c1cc2cc(N)ccc2s1.CC(=O)c1ccc(Br)s1.CC(=O)c1ccc(Cc2c(C)cccc2C)s1.CCCNC(=O)c1ccc(-c2ccc(C)cc2)s1.CNC(=O)c1ccc(-c2ccc(C)cc2)s1.CNC(=O)c1ccc(-c2ccc(F)cc2)s1.COCCNC(=O)c1ccc(-c2ccc(C)cc2)s1.c1ccc(-c2ccc(-c3ncn[nH]3)s2)cc1. The molecule has 0 unspecified atom stereocenters. The van der Waals surface area contributed by atoms with Crippen LogP contribution in [0.15, 0.2) is 265 Å². The van der Waals surface area contributed by atoms with Gasteiger partial charge in [-0.3, -0.25) is 38.7 Å². The molecule has 7 aromatic carbocycles. The van der Waals surface area contributed by atoms with Gasteiger partial charge >= 0.3 is 0 Å². The van der Waals surface area contributed by atoms with Gasteiger partial charge in [-0.2, -0.15) is 5.10 Å². The highest BCUT2D eigenvalue weighted by molar-refractivity contribution is 9.11. The lowest BCUT2D eigenvalue weighted by molar-refractivity contribution is 0.0936. The zero-order valence-electron chi connectivity index (χ0n) is 70.6. The van der Waals surface area contributed by atoms with Crippen LogP contribution < -0.4 is 27.0 Å². The number of methoxy groups -OCH3 is 1. The van der Waals surface area contributed by atoms with E-state index in [4.69, 9.17) is 10.5 Å². The number of thiophene rings is 8. The molecule has 9 heterocycles. The van der Waals surface area contributed by atoms with E-state index in [9.17, 15) is 38.0 Å². The lowest BCUT2D eigenvalue weighted by atomic mass is 9.99. The van der Waals surface area contributed by atoms with Crippen molar-refractivity contribution in [1.82, 2.24) is 36.4 Å². The molecule has 0 saturated heterocycles. The van der Waals surface area contributed by atoms with Gasteiger partial charge < -0.3 is 31.7 Å². The molecule has 16 aromatic rings. The van der Waals surface area contributed by atoms with E-state index in [1.807, 2.05) is 110 Å². The number of hydrogen-bond acceptors (Lipinski definition) is 19. The van der Waals surface area contributed by atoms with Gasteiger partial charge in [0, 0.05) is 80.4 Å². The third kappa shape index (κ3) is 30.0. The van der Waals surface area contributed by atoms with Crippen LogP contribution in [0.25, 0.3) is 73.0 Å². The summed E-state index contributed by atoms with van der Waals surface area (Å²) in [5, 5.41) is 18.7. The second kappa shape index (κ2) is 49.2. The third-order valence-corrected chi connectivity index (χ3v) is 28.0. The molecule has 0 aliphatic carbocycles. The first-order valence-electron chi connectivity index (χ1n) is 39.3. The lowest BCUT2D eigenvalue weighted by Crippen LogP contribution is -2.26. The average molecular weight is 1870 g/mol.